The summed E-state index contributed by atoms with van der Waals surface area (Å²) in [6.07, 6.45) is 3.42. The van der Waals surface area contributed by atoms with Gasteiger partial charge in [0, 0.05) is 7.05 Å². The summed E-state index contributed by atoms with van der Waals surface area (Å²) in [5.74, 6) is 1.36. The molecule has 0 amide bonds. The lowest BCUT2D eigenvalue weighted by Crippen LogP contribution is -2.02. The van der Waals surface area contributed by atoms with Gasteiger partial charge in [-0.1, -0.05) is 29.3 Å². The lowest BCUT2D eigenvalue weighted by molar-refractivity contribution is 1.14. The number of nitrogens with one attached hydrogen (secondary N) is 2. The van der Waals surface area contributed by atoms with Crippen LogP contribution in [0.3, 0.4) is 0 Å². The molecule has 6 nitrogen and oxygen atoms in total. The van der Waals surface area contributed by atoms with E-state index in [0.717, 1.165) is 16.9 Å². The summed E-state index contributed by atoms with van der Waals surface area (Å²) in [5.41, 5.74) is 2.82. The standard InChI is InChI=1S/C16H12Cl2N6/c1-19-13-6-5-11-16(22-13)24-8-20-7-12(24)15(21-11)23-14-9(17)3-2-4-10(14)18/h2-8H,1H3,(H,19,22)(H,21,23). The van der Waals surface area contributed by atoms with E-state index < -0.39 is 0 Å². The number of anilines is 3. The molecule has 0 saturated carbocycles. The number of nitrogens with zero attached hydrogens (tertiary/aromatic N) is 4. The van der Waals surface area contributed by atoms with Crippen molar-refractivity contribution in [2.75, 3.05) is 17.7 Å². The van der Waals surface area contributed by atoms with E-state index in [1.165, 1.54) is 0 Å². The van der Waals surface area contributed by atoms with Gasteiger partial charge in [0.15, 0.2) is 11.5 Å². The summed E-state index contributed by atoms with van der Waals surface area (Å²) in [5, 5.41) is 7.27. The van der Waals surface area contributed by atoms with Gasteiger partial charge >= 0.3 is 0 Å². The lowest BCUT2D eigenvalue weighted by atomic mass is 10.3. The lowest BCUT2D eigenvalue weighted by Gasteiger charge is -2.12. The van der Waals surface area contributed by atoms with Crippen LogP contribution in [0.15, 0.2) is 42.9 Å². The second-order valence-electron chi connectivity index (χ2n) is 5.12. The maximum absolute atomic E-state index is 6.24. The molecule has 24 heavy (non-hydrogen) atoms. The molecule has 3 heterocycles. The van der Waals surface area contributed by atoms with Crippen molar-refractivity contribution >= 4 is 57.2 Å². The summed E-state index contributed by atoms with van der Waals surface area (Å²) >= 11 is 12.5. The van der Waals surface area contributed by atoms with E-state index in [4.69, 9.17) is 23.2 Å². The number of hydrogen-bond donors (Lipinski definition) is 2. The highest BCUT2D eigenvalue weighted by Crippen LogP contribution is 2.33. The highest BCUT2D eigenvalue weighted by atomic mass is 35.5. The average molecular weight is 359 g/mol. The Morgan fingerprint density at radius 1 is 1.04 bits per heavy atom. The smallest absolute Gasteiger partial charge is 0.166 e. The minimum absolute atomic E-state index is 0.519. The fraction of sp³-hybridized carbons (Fsp3) is 0.0625. The minimum atomic E-state index is 0.519. The van der Waals surface area contributed by atoms with Gasteiger partial charge in [-0.3, -0.25) is 4.40 Å². The maximum atomic E-state index is 6.24. The average Bonchev–Trinajstić information content (AvgIpc) is 3.08. The van der Waals surface area contributed by atoms with Crippen LogP contribution in [0.4, 0.5) is 17.3 Å². The zero-order valence-corrected chi connectivity index (χ0v) is 14.1. The number of aromatic nitrogens is 4. The molecular weight excluding hydrogens is 347 g/mol. The zero-order chi connectivity index (χ0) is 16.7. The van der Waals surface area contributed by atoms with Crippen LogP contribution in [0, 0.1) is 0 Å². The molecule has 0 spiro atoms. The van der Waals surface area contributed by atoms with E-state index in [9.17, 15) is 0 Å². The summed E-state index contributed by atoms with van der Waals surface area (Å²) in [6, 6.07) is 9.09. The SMILES string of the molecule is CNc1ccc2nc(Nc3c(Cl)cccc3Cl)c3cncn3c2n1. The van der Waals surface area contributed by atoms with Crippen LogP contribution in [-0.2, 0) is 0 Å². The van der Waals surface area contributed by atoms with E-state index in [1.807, 2.05) is 23.6 Å². The van der Waals surface area contributed by atoms with Gasteiger partial charge in [-0.2, -0.15) is 0 Å². The number of benzene rings is 1. The molecule has 0 unspecified atom stereocenters. The van der Waals surface area contributed by atoms with Crippen molar-refractivity contribution < 1.29 is 0 Å². The molecule has 4 aromatic rings. The van der Waals surface area contributed by atoms with Crippen molar-refractivity contribution in [2.24, 2.45) is 0 Å². The summed E-state index contributed by atoms with van der Waals surface area (Å²) in [6.45, 7) is 0. The van der Waals surface area contributed by atoms with Crippen LogP contribution >= 0.6 is 23.2 Å². The number of halogens is 2. The topological polar surface area (TPSA) is 67.1 Å². The van der Waals surface area contributed by atoms with E-state index in [0.29, 0.717) is 27.2 Å². The predicted octanol–water partition coefficient (Wildman–Crippen LogP) is 4.37. The third-order valence-corrected chi connectivity index (χ3v) is 4.29. The number of rotatable bonds is 3. The Balaban J connectivity index is 1.93. The van der Waals surface area contributed by atoms with Crippen LogP contribution in [0.1, 0.15) is 0 Å². The molecule has 0 aliphatic heterocycles. The number of pyridine rings is 1. The van der Waals surface area contributed by atoms with Crippen LogP contribution in [0.2, 0.25) is 10.0 Å². The summed E-state index contributed by atoms with van der Waals surface area (Å²) in [4.78, 5) is 13.4. The second kappa shape index (κ2) is 5.81. The molecule has 0 aliphatic carbocycles. The summed E-state index contributed by atoms with van der Waals surface area (Å²) in [7, 11) is 1.82. The maximum Gasteiger partial charge on any atom is 0.166 e. The van der Waals surface area contributed by atoms with Gasteiger partial charge in [0.1, 0.15) is 23.2 Å². The molecule has 2 N–H and O–H groups in total. The molecule has 120 valence electrons. The van der Waals surface area contributed by atoms with Gasteiger partial charge in [0.05, 0.1) is 21.9 Å². The first kappa shape index (κ1) is 15.0. The van der Waals surface area contributed by atoms with Crippen molar-refractivity contribution in [2.45, 2.75) is 0 Å². The quantitative estimate of drug-likeness (QED) is 0.569. The first-order valence-corrected chi connectivity index (χ1v) is 7.94. The molecule has 0 aliphatic rings. The third-order valence-electron chi connectivity index (χ3n) is 3.66. The first-order chi connectivity index (χ1) is 11.7. The van der Waals surface area contributed by atoms with Crippen LogP contribution in [-0.4, -0.2) is 26.4 Å². The molecule has 0 bridgehead atoms. The molecule has 1 aromatic carbocycles. The Labute approximate surface area is 147 Å². The van der Waals surface area contributed by atoms with E-state index in [1.54, 1.807) is 30.7 Å². The third kappa shape index (κ3) is 2.40. The Morgan fingerprint density at radius 2 is 1.83 bits per heavy atom. The van der Waals surface area contributed by atoms with Gasteiger partial charge in [0.2, 0.25) is 0 Å². The summed E-state index contributed by atoms with van der Waals surface area (Å²) < 4.78 is 1.87. The van der Waals surface area contributed by atoms with Gasteiger partial charge < -0.3 is 10.6 Å². The highest BCUT2D eigenvalue weighted by molar-refractivity contribution is 6.39. The van der Waals surface area contributed by atoms with E-state index >= 15 is 0 Å². The van der Waals surface area contributed by atoms with Crippen molar-refractivity contribution in [1.82, 2.24) is 19.4 Å². The fourth-order valence-electron chi connectivity index (χ4n) is 2.49. The highest BCUT2D eigenvalue weighted by Gasteiger charge is 2.13. The Morgan fingerprint density at radius 3 is 2.58 bits per heavy atom. The molecular formula is C16H12Cl2N6. The number of fused-ring (bicyclic) bond motifs is 3. The van der Waals surface area contributed by atoms with Crippen molar-refractivity contribution in [3.05, 3.63) is 52.9 Å². The molecule has 4 rings (SSSR count). The van der Waals surface area contributed by atoms with Gasteiger partial charge in [-0.25, -0.2) is 15.0 Å². The molecule has 0 atom stereocenters. The van der Waals surface area contributed by atoms with Gasteiger partial charge in [-0.15, -0.1) is 0 Å². The molecule has 3 aromatic heterocycles. The fourth-order valence-corrected chi connectivity index (χ4v) is 2.98. The van der Waals surface area contributed by atoms with Gasteiger partial charge in [-0.05, 0) is 24.3 Å². The van der Waals surface area contributed by atoms with Crippen molar-refractivity contribution in [3.8, 4) is 0 Å². The Bertz CT molecular complexity index is 1040. The number of hydrogen-bond acceptors (Lipinski definition) is 5. The Kier molecular flexibility index (Phi) is 3.63. The monoisotopic (exact) mass is 358 g/mol. The predicted molar refractivity (Wildman–Crippen MR) is 97.6 cm³/mol. The molecule has 0 radical (unpaired) electrons. The first-order valence-electron chi connectivity index (χ1n) is 7.19. The number of imidazole rings is 1. The van der Waals surface area contributed by atoms with Crippen molar-refractivity contribution in [1.29, 1.82) is 0 Å². The van der Waals surface area contributed by atoms with E-state index in [-0.39, 0.29) is 0 Å². The second-order valence-corrected chi connectivity index (χ2v) is 5.93. The largest absolute Gasteiger partial charge is 0.373 e. The number of para-hydroxylation sites is 1. The van der Waals surface area contributed by atoms with Crippen molar-refractivity contribution in [3.63, 3.8) is 0 Å². The van der Waals surface area contributed by atoms with Crippen LogP contribution < -0.4 is 10.6 Å². The van der Waals surface area contributed by atoms with Crippen LogP contribution in [0.5, 0.6) is 0 Å². The van der Waals surface area contributed by atoms with Crippen LogP contribution in [0.25, 0.3) is 16.7 Å². The molecule has 0 saturated heterocycles. The van der Waals surface area contributed by atoms with Gasteiger partial charge in [0.25, 0.3) is 0 Å². The van der Waals surface area contributed by atoms with E-state index in [2.05, 4.69) is 25.6 Å². The molecule has 8 heteroatoms. The normalized spacial score (nSPS) is 11.1. The molecule has 0 fully saturated rings. The zero-order valence-electron chi connectivity index (χ0n) is 12.6. The Hall–Kier alpha value is -2.57. The minimum Gasteiger partial charge on any atom is -0.373 e.